The third-order valence-electron chi connectivity index (χ3n) is 2.33. The number of benzene rings is 1. The molecule has 0 saturated heterocycles. The van der Waals surface area contributed by atoms with Crippen molar-refractivity contribution in [2.45, 2.75) is 19.8 Å². The Kier molecular flexibility index (Phi) is 3.48. The monoisotopic (exact) mass is 218 g/mol. The summed E-state index contributed by atoms with van der Waals surface area (Å²) in [5.74, 6) is 1.61. The first-order valence-corrected chi connectivity index (χ1v) is 5.33. The van der Waals surface area contributed by atoms with Gasteiger partial charge in [-0.1, -0.05) is 30.3 Å². The first-order chi connectivity index (χ1) is 7.90. The lowest BCUT2D eigenvalue weighted by Crippen LogP contribution is -2.04. The smallest absolute Gasteiger partial charge is 0.177 e. The third kappa shape index (κ3) is 2.56. The van der Waals surface area contributed by atoms with Crippen molar-refractivity contribution in [3.63, 3.8) is 0 Å². The minimum absolute atomic E-state index is 0.566. The van der Waals surface area contributed by atoms with Gasteiger partial charge < -0.3 is 4.74 Å². The molecule has 5 heteroatoms. The lowest BCUT2D eigenvalue weighted by molar-refractivity contribution is 0.316. The molecule has 1 heterocycles. The standard InChI is InChI=1S/C11H14N4O/c1-2-9-5-3-4-6-10(9)16-8-7-11-12-14-15-13-11/h3-6H,2,7-8H2,1H3,(H,12,13,14,15). The Hall–Kier alpha value is -1.91. The number of aromatic nitrogens is 4. The second-order valence-electron chi connectivity index (χ2n) is 3.39. The van der Waals surface area contributed by atoms with Crippen molar-refractivity contribution >= 4 is 0 Å². The largest absolute Gasteiger partial charge is 0.493 e. The van der Waals surface area contributed by atoms with Crippen LogP contribution in [-0.2, 0) is 12.8 Å². The molecule has 0 amide bonds. The summed E-state index contributed by atoms with van der Waals surface area (Å²) in [5.41, 5.74) is 1.22. The molecular weight excluding hydrogens is 204 g/mol. The zero-order valence-corrected chi connectivity index (χ0v) is 9.18. The van der Waals surface area contributed by atoms with E-state index in [1.807, 2.05) is 18.2 Å². The van der Waals surface area contributed by atoms with Gasteiger partial charge in [-0.05, 0) is 18.1 Å². The number of nitrogens with zero attached hydrogens (tertiary/aromatic N) is 3. The maximum Gasteiger partial charge on any atom is 0.177 e. The van der Waals surface area contributed by atoms with Crippen LogP contribution >= 0.6 is 0 Å². The Labute approximate surface area is 93.8 Å². The quantitative estimate of drug-likeness (QED) is 0.823. The average molecular weight is 218 g/mol. The summed E-state index contributed by atoms with van der Waals surface area (Å²) in [6.45, 7) is 2.68. The second kappa shape index (κ2) is 5.25. The number of ether oxygens (including phenoxy) is 1. The third-order valence-corrected chi connectivity index (χ3v) is 2.33. The highest BCUT2D eigenvalue weighted by Crippen LogP contribution is 2.18. The van der Waals surface area contributed by atoms with E-state index >= 15 is 0 Å². The highest BCUT2D eigenvalue weighted by molar-refractivity contribution is 5.33. The number of aromatic amines is 1. The summed E-state index contributed by atoms with van der Waals surface area (Å²) >= 11 is 0. The molecule has 0 aliphatic carbocycles. The fourth-order valence-electron chi connectivity index (χ4n) is 1.48. The van der Waals surface area contributed by atoms with E-state index in [9.17, 15) is 0 Å². The zero-order chi connectivity index (χ0) is 11.2. The number of para-hydroxylation sites is 1. The molecule has 0 saturated carbocycles. The van der Waals surface area contributed by atoms with Crippen LogP contribution in [0.3, 0.4) is 0 Å². The van der Waals surface area contributed by atoms with E-state index in [4.69, 9.17) is 4.74 Å². The molecule has 1 aromatic carbocycles. The van der Waals surface area contributed by atoms with Crippen molar-refractivity contribution in [1.29, 1.82) is 0 Å². The van der Waals surface area contributed by atoms with Crippen LogP contribution in [-0.4, -0.2) is 27.2 Å². The molecule has 0 aliphatic heterocycles. The van der Waals surface area contributed by atoms with Crippen LogP contribution in [0.25, 0.3) is 0 Å². The summed E-state index contributed by atoms with van der Waals surface area (Å²) < 4.78 is 5.68. The molecule has 1 N–H and O–H groups in total. The molecule has 2 aromatic rings. The molecule has 0 unspecified atom stereocenters. The second-order valence-corrected chi connectivity index (χ2v) is 3.39. The van der Waals surface area contributed by atoms with Gasteiger partial charge in [0.15, 0.2) is 5.82 Å². The molecule has 0 radical (unpaired) electrons. The van der Waals surface area contributed by atoms with Crippen molar-refractivity contribution in [2.24, 2.45) is 0 Å². The van der Waals surface area contributed by atoms with Gasteiger partial charge in [0.05, 0.1) is 6.61 Å². The van der Waals surface area contributed by atoms with Crippen LogP contribution in [0.2, 0.25) is 0 Å². The molecule has 0 atom stereocenters. The first kappa shape index (κ1) is 10.6. The molecule has 0 bridgehead atoms. The minimum atomic E-state index is 0.566. The Bertz CT molecular complexity index is 427. The lowest BCUT2D eigenvalue weighted by Gasteiger charge is -2.08. The minimum Gasteiger partial charge on any atom is -0.493 e. The van der Waals surface area contributed by atoms with Gasteiger partial charge in [-0.15, -0.1) is 10.2 Å². The maximum absolute atomic E-state index is 5.68. The number of nitrogens with one attached hydrogen (secondary N) is 1. The van der Waals surface area contributed by atoms with Crippen molar-refractivity contribution in [1.82, 2.24) is 20.6 Å². The molecule has 2 rings (SSSR count). The fourth-order valence-corrected chi connectivity index (χ4v) is 1.48. The van der Waals surface area contributed by atoms with Gasteiger partial charge in [0, 0.05) is 6.42 Å². The summed E-state index contributed by atoms with van der Waals surface area (Å²) in [6, 6.07) is 8.05. The highest BCUT2D eigenvalue weighted by atomic mass is 16.5. The number of rotatable bonds is 5. The maximum atomic E-state index is 5.68. The van der Waals surface area contributed by atoms with Crippen molar-refractivity contribution in [2.75, 3.05) is 6.61 Å². The van der Waals surface area contributed by atoms with Crippen LogP contribution < -0.4 is 4.74 Å². The molecule has 0 spiro atoms. The molecule has 5 nitrogen and oxygen atoms in total. The van der Waals surface area contributed by atoms with Gasteiger partial charge in [0.1, 0.15) is 5.75 Å². The van der Waals surface area contributed by atoms with Gasteiger partial charge in [-0.2, -0.15) is 5.21 Å². The predicted octanol–water partition coefficient (Wildman–Crippen LogP) is 1.38. The SMILES string of the molecule is CCc1ccccc1OCCc1nn[nH]n1. The molecule has 16 heavy (non-hydrogen) atoms. The van der Waals surface area contributed by atoms with Crippen LogP contribution in [0.4, 0.5) is 0 Å². The molecule has 0 fully saturated rings. The molecule has 1 aromatic heterocycles. The van der Waals surface area contributed by atoms with E-state index in [2.05, 4.69) is 33.6 Å². The van der Waals surface area contributed by atoms with Gasteiger partial charge in [-0.25, -0.2) is 0 Å². The number of hydrogen-bond acceptors (Lipinski definition) is 4. The first-order valence-electron chi connectivity index (χ1n) is 5.33. The van der Waals surface area contributed by atoms with Gasteiger partial charge in [0.25, 0.3) is 0 Å². The average Bonchev–Trinajstić information content (AvgIpc) is 2.83. The van der Waals surface area contributed by atoms with Crippen molar-refractivity contribution < 1.29 is 4.74 Å². The van der Waals surface area contributed by atoms with Crippen LogP contribution in [0.1, 0.15) is 18.3 Å². The van der Waals surface area contributed by atoms with E-state index in [0.29, 0.717) is 18.9 Å². The summed E-state index contributed by atoms with van der Waals surface area (Å²) in [5, 5.41) is 13.6. The van der Waals surface area contributed by atoms with Crippen LogP contribution in [0.15, 0.2) is 24.3 Å². The van der Waals surface area contributed by atoms with Crippen molar-refractivity contribution in [3.05, 3.63) is 35.7 Å². The van der Waals surface area contributed by atoms with Gasteiger partial charge >= 0.3 is 0 Å². The summed E-state index contributed by atoms with van der Waals surface area (Å²) in [7, 11) is 0. The summed E-state index contributed by atoms with van der Waals surface area (Å²) in [6.07, 6.45) is 1.63. The molecular formula is C11H14N4O. The molecule has 84 valence electrons. The fraction of sp³-hybridized carbons (Fsp3) is 0.364. The normalized spacial score (nSPS) is 10.3. The van der Waals surface area contributed by atoms with Crippen molar-refractivity contribution in [3.8, 4) is 5.75 Å². The van der Waals surface area contributed by atoms with Gasteiger partial charge in [0.2, 0.25) is 0 Å². The number of hydrogen-bond donors (Lipinski definition) is 1. The van der Waals surface area contributed by atoms with Crippen LogP contribution in [0.5, 0.6) is 5.75 Å². The number of H-pyrrole nitrogens is 1. The Morgan fingerprint density at radius 1 is 1.31 bits per heavy atom. The van der Waals surface area contributed by atoms with E-state index < -0.39 is 0 Å². The number of aryl methyl sites for hydroxylation is 1. The van der Waals surface area contributed by atoms with Gasteiger partial charge in [-0.3, -0.25) is 0 Å². The zero-order valence-electron chi connectivity index (χ0n) is 9.18. The van der Waals surface area contributed by atoms with E-state index in [1.165, 1.54) is 5.56 Å². The van der Waals surface area contributed by atoms with Crippen LogP contribution in [0, 0.1) is 0 Å². The van der Waals surface area contributed by atoms with E-state index in [1.54, 1.807) is 0 Å². The highest BCUT2D eigenvalue weighted by Gasteiger charge is 2.02. The lowest BCUT2D eigenvalue weighted by atomic mass is 10.1. The summed E-state index contributed by atoms with van der Waals surface area (Å²) in [4.78, 5) is 0. The van der Waals surface area contributed by atoms with E-state index in [0.717, 1.165) is 12.2 Å². The topological polar surface area (TPSA) is 63.7 Å². The van der Waals surface area contributed by atoms with E-state index in [-0.39, 0.29) is 0 Å². The number of tetrazole rings is 1. The Morgan fingerprint density at radius 3 is 2.94 bits per heavy atom. The predicted molar refractivity (Wildman–Crippen MR) is 59.2 cm³/mol. The molecule has 0 aliphatic rings. The Balaban J connectivity index is 1.89. The Morgan fingerprint density at radius 2 is 2.19 bits per heavy atom.